The molecule has 1 aliphatic rings. The largest absolute Gasteiger partial charge is 0.368 e. The summed E-state index contributed by atoms with van der Waals surface area (Å²) in [6.07, 6.45) is 0. The van der Waals surface area contributed by atoms with E-state index >= 15 is 0 Å². The number of hydrogen-bond acceptors (Lipinski definition) is 3. The van der Waals surface area contributed by atoms with Gasteiger partial charge in [0.2, 0.25) is 0 Å². The Bertz CT molecular complexity index is 456. The second kappa shape index (κ2) is 7.28. The van der Waals surface area contributed by atoms with Gasteiger partial charge in [-0.15, -0.1) is 0 Å². The van der Waals surface area contributed by atoms with Crippen LogP contribution in [0.1, 0.15) is 31.9 Å². The van der Waals surface area contributed by atoms with Crippen LogP contribution in [0.2, 0.25) is 0 Å². The lowest BCUT2D eigenvalue weighted by atomic mass is 10.1. The molecule has 21 heavy (non-hydrogen) atoms. The second-order valence-electron chi connectivity index (χ2n) is 6.93. The van der Waals surface area contributed by atoms with Crippen molar-refractivity contribution in [1.29, 1.82) is 0 Å². The molecule has 0 aromatic heterocycles. The highest BCUT2D eigenvalue weighted by Crippen LogP contribution is 2.24. The Morgan fingerprint density at radius 3 is 2.71 bits per heavy atom. The van der Waals surface area contributed by atoms with Crippen LogP contribution in [0, 0.1) is 12.8 Å². The molecule has 3 heteroatoms. The highest BCUT2D eigenvalue weighted by atomic mass is 15.3. The summed E-state index contributed by atoms with van der Waals surface area (Å²) in [5.74, 6) is 0.696. The molecule has 0 saturated carbocycles. The van der Waals surface area contributed by atoms with E-state index < -0.39 is 0 Å². The van der Waals surface area contributed by atoms with Crippen molar-refractivity contribution in [2.45, 2.75) is 40.3 Å². The van der Waals surface area contributed by atoms with Gasteiger partial charge < -0.3 is 15.1 Å². The molecule has 1 N–H and O–H groups in total. The molecule has 1 aliphatic heterocycles. The minimum atomic E-state index is 0.622. The lowest BCUT2D eigenvalue weighted by Crippen LogP contribution is -2.50. The molecule has 1 aromatic rings. The average Bonchev–Trinajstić information content (AvgIpc) is 2.42. The van der Waals surface area contributed by atoms with Gasteiger partial charge in [0, 0.05) is 37.9 Å². The third kappa shape index (κ3) is 4.45. The summed E-state index contributed by atoms with van der Waals surface area (Å²) in [6, 6.07) is 7.51. The second-order valence-corrected chi connectivity index (χ2v) is 6.93. The number of aryl methyl sites for hydroxylation is 1. The third-order valence-corrected chi connectivity index (χ3v) is 4.40. The van der Waals surface area contributed by atoms with Crippen molar-refractivity contribution in [3.8, 4) is 0 Å². The van der Waals surface area contributed by atoms with Gasteiger partial charge in [0.1, 0.15) is 0 Å². The molecule has 1 unspecified atom stereocenters. The van der Waals surface area contributed by atoms with Crippen LogP contribution in [0.5, 0.6) is 0 Å². The van der Waals surface area contributed by atoms with E-state index in [1.807, 2.05) is 0 Å². The van der Waals surface area contributed by atoms with E-state index in [0.717, 1.165) is 32.7 Å². The first-order valence-electron chi connectivity index (χ1n) is 8.22. The average molecular weight is 289 g/mol. The number of nitrogens with one attached hydrogen (secondary N) is 1. The topological polar surface area (TPSA) is 18.5 Å². The molecule has 1 saturated heterocycles. The van der Waals surface area contributed by atoms with Gasteiger partial charge in [-0.25, -0.2) is 0 Å². The molecule has 0 spiro atoms. The molecule has 0 amide bonds. The minimum Gasteiger partial charge on any atom is -0.368 e. The molecule has 118 valence electrons. The molecular formula is C18H31N3. The van der Waals surface area contributed by atoms with Gasteiger partial charge in [0.15, 0.2) is 0 Å². The summed E-state index contributed by atoms with van der Waals surface area (Å²) in [4.78, 5) is 5.00. The van der Waals surface area contributed by atoms with Gasteiger partial charge in [-0.2, -0.15) is 0 Å². The van der Waals surface area contributed by atoms with Gasteiger partial charge >= 0.3 is 0 Å². The molecule has 1 aromatic carbocycles. The van der Waals surface area contributed by atoms with E-state index in [-0.39, 0.29) is 0 Å². The third-order valence-electron chi connectivity index (χ3n) is 4.40. The molecule has 0 bridgehead atoms. The molecular weight excluding hydrogens is 258 g/mol. The minimum absolute atomic E-state index is 0.622. The van der Waals surface area contributed by atoms with Crippen LogP contribution in [-0.2, 0) is 6.54 Å². The zero-order valence-corrected chi connectivity index (χ0v) is 14.3. The van der Waals surface area contributed by atoms with E-state index in [9.17, 15) is 0 Å². The van der Waals surface area contributed by atoms with Crippen molar-refractivity contribution in [3.63, 3.8) is 0 Å². The lowest BCUT2D eigenvalue weighted by molar-refractivity contribution is 0.234. The lowest BCUT2D eigenvalue weighted by Gasteiger charge is -2.40. The smallest absolute Gasteiger partial charge is 0.0413 e. The van der Waals surface area contributed by atoms with Gasteiger partial charge in [-0.05, 0) is 45.0 Å². The summed E-state index contributed by atoms with van der Waals surface area (Å²) < 4.78 is 0. The van der Waals surface area contributed by atoms with E-state index in [4.69, 9.17) is 0 Å². The standard InChI is InChI=1S/C18H31N3/c1-14(2)11-19-12-17-10-15(3)6-7-18(17)21-9-8-20(5)16(4)13-21/h6-7,10,14,16,19H,8-9,11-13H2,1-5H3. The number of rotatable bonds is 5. The van der Waals surface area contributed by atoms with Crippen LogP contribution in [0.3, 0.4) is 0 Å². The van der Waals surface area contributed by atoms with Crippen molar-refractivity contribution in [2.75, 3.05) is 38.1 Å². The van der Waals surface area contributed by atoms with Crippen LogP contribution in [0.4, 0.5) is 5.69 Å². The maximum Gasteiger partial charge on any atom is 0.0413 e. The molecule has 0 radical (unpaired) electrons. The van der Waals surface area contributed by atoms with Crippen LogP contribution >= 0.6 is 0 Å². The van der Waals surface area contributed by atoms with Crippen LogP contribution in [0.15, 0.2) is 18.2 Å². The van der Waals surface area contributed by atoms with Gasteiger partial charge in [0.25, 0.3) is 0 Å². The highest BCUT2D eigenvalue weighted by Gasteiger charge is 2.22. The van der Waals surface area contributed by atoms with Crippen molar-refractivity contribution in [1.82, 2.24) is 10.2 Å². The Labute approximate surface area is 130 Å². The quantitative estimate of drug-likeness (QED) is 0.899. The van der Waals surface area contributed by atoms with E-state index in [1.165, 1.54) is 16.8 Å². The van der Waals surface area contributed by atoms with Crippen molar-refractivity contribution in [3.05, 3.63) is 29.3 Å². The zero-order valence-electron chi connectivity index (χ0n) is 14.3. The number of hydrogen-bond donors (Lipinski definition) is 1. The van der Waals surface area contributed by atoms with Gasteiger partial charge in [-0.3, -0.25) is 0 Å². The fourth-order valence-electron chi connectivity index (χ4n) is 2.93. The highest BCUT2D eigenvalue weighted by molar-refractivity contribution is 5.55. The van der Waals surface area contributed by atoms with Crippen molar-refractivity contribution >= 4 is 5.69 Å². The molecule has 0 aliphatic carbocycles. The summed E-state index contributed by atoms with van der Waals surface area (Å²) in [7, 11) is 2.22. The molecule has 1 heterocycles. The van der Waals surface area contributed by atoms with Gasteiger partial charge in [0.05, 0.1) is 0 Å². The molecule has 1 fully saturated rings. The van der Waals surface area contributed by atoms with Crippen LogP contribution in [-0.4, -0.2) is 44.2 Å². The normalized spacial score (nSPS) is 20.3. The number of nitrogens with zero attached hydrogens (tertiary/aromatic N) is 2. The SMILES string of the molecule is Cc1ccc(N2CCN(C)C(C)C2)c(CNCC(C)C)c1. The summed E-state index contributed by atoms with van der Waals surface area (Å²) in [6.45, 7) is 14.5. The molecule has 1 atom stereocenters. The summed E-state index contributed by atoms with van der Waals surface area (Å²) in [5, 5.41) is 3.59. The number of anilines is 1. The number of likely N-dealkylation sites (N-methyl/N-ethyl adjacent to an activating group) is 1. The first-order valence-corrected chi connectivity index (χ1v) is 8.22. The molecule has 2 rings (SSSR count). The van der Waals surface area contributed by atoms with Crippen molar-refractivity contribution < 1.29 is 0 Å². The van der Waals surface area contributed by atoms with E-state index in [0.29, 0.717) is 12.0 Å². The Kier molecular flexibility index (Phi) is 5.65. The Morgan fingerprint density at radius 1 is 1.29 bits per heavy atom. The van der Waals surface area contributed by atoms with E-state index in [2.05, 4.69) is 68.1 Å². The summed E-state index contributed by atoms with van der Waals surface area (Å²) in [5.41, 5.74) is 4.20. The Balaban J connectivity index is 2.11. The number of benzene rings is 1. The van der Waals surface area contributed by atoms with Crippen molar-refractivity contribution in [2.24, 2.45) is 5.92 Å². The monoisotopic (exact) mass is 289 g/mol. The maximum atomic E-state index is 3.59. The van der Waals surface area contributed by atoms with Gasteiger partial charge in [-0.1, -0.05) is 31.5 Å². The van der Waals surface area contributed by atoms with Crippen LogP contribution in [0.25, 0.3) is 0 Å². The maximum absolute atomic E-state index is 3.59. The Hall–Kier alpha value is -1.06. The summed E-state index contributed by atoms with van der Waals surface area (Å²) >= 11 is 0. The number of piperazine rings is 1. The van der Waals surface area contributed by atoms with Crippen LogP contribution < -0.4 is 10.2 Å². The molecule has 3 nitrogen and oxygen atoms in total. The fourth-order valence-corrected chi connectivity index (χ4v) is 2.93. The zero-order chi connectivity index (χ0) is 15.4. The predicted molar refractivity (Wildman–Crippen MR) is 92.0 cm³/mol. The van der Waals surface area contributed by atoms with E-state index in [1.54, 1.807) is 0 Å². The first kappa shape index (κ1) is 16.3. The fraction of sp³-hybridized carbons (Fsp3) is 0.667. The first-order chi connectivity index (χ1) is 9.97. The Morgan fingerprint density at radius 2 is 2.05 bits per heavy atom. The predicted octanol–water partition coefficient (Wildman–Crippen LogP) is 2.88.